The molecule has 1 heterocycles. The topological polar surface area (TPSA) is 71.8 Å². The largest absolute Gasteiger partial charge is 0.363 e. The van der Waals surface area contributed by atoms with Gasteiger partial charge in [0.15, 0.2) is 11.0 Å². The van der Waals surface area contributed by atoms with Gasteiger partial charge in [-0.05, 0) is 6.42 Å². The normalized spacial score (nSPS) is 10.0. The molecule has 0 spiro atoms. The molecular formula is C6H8ClN3O. The highest BCUT2D eigenvalue weighted by Crippen LogP contribution is 2.12. The average Bonchev–Trinajstić information content (AvgIpc) is 2.31. The lowest BCUT2D eigenvalue weighted by molar-refractivity contribution is 0.0991. The van der Waals surface area contributed by atoms with E-state index in [-0.39, 0.29) is 5.82 Å². The number of nitrogens with zero attached hydrogens (tertiary/aromatic N) is 1. The van der Waals surface area contributed by atoms with E-state index in [0.717, 1.165) is 5.69 Å². The summed E-state index contributed by atoms with van der Waals surface area (Å²) in [6, 6.07) is 0. The van der Waals surface area contributed by atoms with Gasteiger partial charge in [-0.1, -0.05) is 18.5 Å². The Kier molecular flexibility index (Phi) is 2.14. The van der Waals surface area contributed by atoms with Gasteiger partial charge in [-0.3, -0.25) is 4.79 Å². The Morgan fingerprint density at radius 3 is 2.73 bits per heavy atom. The lowest BCUT2D eigenvalue weighted by Gasteiger charge is -1.86. The summed E-state index contributed by atoms with van der Waals surface area (Å²) in [6.45, 7) is 1.91. The van der Waals surface area contributed by atoms with Gasteiger partial charge < -0.3 is 10.7 Å². The molecule has 11 heavy (non-hydrogen) atoms. The number of nitrogens with one attached hydrogen (secondary N) is 1. The van der Waals surface area contributed by atoms with E-state index in [2.05, 4.69) is 9.97 Å². The number of primary amides is 1. The summed E-state index contributed by atoms with van der Waals surface area (Å²) in [7, 11) is 0. The van der Waals surface area contributed by atoms with Gasteiger partial charge >= 0.3 is 0 Å². The van der Waals surface area contributed by atoms with Crippen molar-refractivity contribution in [3.05, 3.63) is 16.7 Å². The Bertz CT molecular complexity index is 281. The van der Waals surface area contributed by atoms with Gasteiger partial charge in [-0.2, -0.15) is 0 Å². The summed E-state index contributed by atoms with van der Waals surface area (Å²) in [5.41, 5.74) is 5.70. The van der Waals surface area contributed by atoms with Crippen LogP contribution in [0.15, 0.2) is 0 Å². The number of amides is 1. The minimum atomic E-state index is -0.591. The van der Waals surface area contributed by atoms with Crippen molar-refractivity contribution in [3.8, 4) is 0 Å². The number of H-pyrrole nitrogens is 1. The number of halogens is 1. The van der Waals surface area contributed by atoms with Crippen LogP contribution >= 0.6 is 11.6 Å². The molecule has 1 rings (SSSR count). The SMILES string of the molecule is CCc1[nH]c(C(N)=O)nc1Cl. The minimum absolute atomic E-state index is 0.117. The number of aromatic amines is 1. The van der Waals surface area contributed by atoms with Crippen LogP contribution in [-0.2, 0) is 6.42 Å². The van der Waals surface area contributed by atoms with Crippen molar-refractivity contribution in [1.29, 1.82) is 0 Å². The Labute approximate surface area is 68.8 Å². The van der Waals surface area contributed by atoms with E-state index in [1.54, 1.807) is 0 Å². The monoisotopic (exact) mass is 173 g/mol. The first kappa shape index (κ1) is 8.07. The molecule has 0 saturated carbocycles. The Morgan fingerprint density at radius 2 is 2.45 bits per heavy atom. The van der Waals surface area contributed by atoms with Crippen molar-refractivity contribution in [2.24, 2.45) is 5.73 Å². The number of imidazole rings is 1. The molecular weight excluding hydrogens is 166 g/mol. The molecule has 5 heteroatoms. The van der Waals surface area contributed by atoms with Gasteiger partial charge in [0.1, 0.15) is 0 Å². The molecule has 0 aliphatic heterocycles. The maximum Gasteiger partial charge on any atom is 0.284 e. The van der Waals surface area contributed by atoms with Gasteiger partial charge in [-0.25, -0.2) is 4.98 Å². The van der Waals surface area contributed by atoms with Crippen LogP contribution in [0.5, 0.6) is 0 Å². The van der Waals surface area contributed by atoms with Gasteiger partial charge in [-0.15, -0.1) is 0 Å². The highest BCUT2D eigenvalue weighted by atomic mass is 35.5. The van der Waals surface area contributed by atoms with E-state index in [1.165, 1.54) is 0 Å². The van der Waals surface area contributed by atoms with Gasteiger partial charge in [0, 0.05) is 0 Å². The minimum Gasteiger partial charge on any atom is -0.363 e. The molecule has 0 radical (unpaired) electrons. The maximum atomic E-state index is 10.6. The average molecular weight is 174 g/mol. The van der Waals surface area contributed by atoms with Crippen molar-refractivity contribution >= 4 is 17.5 Å². The van der Waals surface area contributed by atoms with Crippen LogP contribution in [0.2, 0.25) is 5.15 Å². The molecule has 0 aliphatic rings. The summed E-state index contributed by atoms with van der Waals surface area (Å²) < 4.78 is 0. The second-order valence-electron chi connectivity index (χ2n) is 2.07. The molecule has 4 nitrogen and oxygen atoms in total. The second-order valence-corrected chi connectivity index (χ2v) is 2.43. The Balaban J connectivity index is 3.05. The third kappa shape index (κ3) is 1.51. The van der Waals surface area contributed by atoms with E-state index >= 15 is 0 Å². The molecule has 0 saturated heterocycles. The smallest absolute Gasteiger partial charge is 0.284 e. The van der Waals surface area contributed by atoms with Crippen molar-refractivity contribution in [2.45, 2.75) is 13.3 Å². The molecule has 1 amide bonds. The van der Waals surface area contributed by atoms with Crippen molar-refractivity contribution in [1.82, 2.24) is 9.97 Å². The third-order valence-electron chi connectivity index (χ3n) is 1.32. The molecule has 0 atom stereocenters. The Morgan fingerprint density at radius 1 is 1.82 bits per heavy atom. The molecule has 1 aromatic heterocycles. The zero-order valence-corrected chi connectivity index (χ0v) is 6.77. The van der Waals surface area contributed by atoms with Crippen molar-refractivity contribution in [2.75, 3.05) is 0 Å². The zero-order valence-electron chi connectivity index (χ0n) is 6.02. The summed E-state index contributed by atoms with van der Waals surface area (Å²) in [6.07, 6.45) is 0.707. The molecule has 0 aromatic carbocycles. The number of rotatable bonds is 2. The predicted octanol–water partition coefficient (Wildman–Crippen LogP) is 0.724. The van der Waals surface area contributed by atoms with Crippen LogP contribution in [0.25, 0.3) is 0 Å². The van der Waals surface area contributed by atoms with E-state index in [9.17, 15) is 4.79 Å². The standard InChI is InChI=1S/C6H8ClN3O/c1-2-3-4(7)10-6(9-3)5(8)11/h2H2,1H3,(H2,8,11)(H,9,10). The summed E-state index contributed by atoms with van der Waals surface area (Å²) in [5.74, 6) is -0.474. The number of hydrogen-bond donors (Lipinski definition) is 2. The molecule has 0 bridgehead atoms. The lowest BCUT2D eigenvalue weighted by atomic mass is 10.4. The molecule has 3 N–H and O–H groups in total. The highest BCUT2D eigenvalue weighted by molar-refractivity contribution is 6.30. The third-order valence-corrected chi connectivity index (χ3v) is 1.63. The van der Waals surface area contributed by atoms with Crippen LogP contribution in [-0.4, -0.2) is 15.9 Å². The maximum absolute atomic E-state index is 10.6. The molecule has 60 valence electrons. The number of hydrogen-bond acceptors (Lipinski definition) is 2. The van der Waals surface area contributed by atoms with Gasteiger partial charge in [0.25, 0.3) is 5.91 Å². The predicted molar refractivity (Wildman–Crippen MR) is 41.5 cm³/mol. The van der Waals surface area contributed by atoms with E-state index in [1.807, 2.05) is 6.92 Å². The number of nitrogens with two attached hydrogens (primary N) is 1. The first-order chi connectivity index (χ1) is 5.15. The van der Waals surface area contributed by atoms with Crippen LogP contribution in [0.1, 0.15) is 23.2 Å². The lowest BCUT2D eigenvalue weighted by Crippen LogP contribution is -2.12. The van der Waals surface area contributed by atoms with E-state index in [4.69, 9.17) is 17.3 Å². The number of aryl methyl sites for hydroxylation is 1. The molecule has 1 aromatic rings. The quantitative estimate of drug-likeness (QED) is 0.692. The van der Waals surface area contributed by atoms with Crippen LogP contribution in [0, 0.1) is 0 Å². The van der Waals surface area contributed by atoms with Crippen LogP contribution in [0.4, 0.5) is 0 Å². The van der Waals surface area contributed by atoms with Crippen molar-refractivity contribution in [3.63, 3.8) is 0 Å². The van der Waals surface area contributed by atoms with E-state index < -0.39 is 5.91 Å². The number of aromatic nitrogens is 2. The summed E-state index contributed by atoms with van der Waals surface area (Å²) in [4.78, 5) is 17.0. The number of carbonyl (C=O) groups is 1. The van der Waals surface area contributed by atoms with Crippen LogP contribution in [0.3, 0.4) is 0 Å². The molecule has 0 unspecified atom stereocenters. The highest BCUT2D eigenvalue weighted by Gasteiger charge is 2.09. The summed E-state index contributed by atoms with van der Waals surface area (Å²) in [5, 5.41) is 0.321. The van der Waals surface area contributed by atoms with Crippen molar-refractivity contribution < 1.29 is 4.79 Å². The second kappa shape index (κ2) is 2.92. The van der Waals surface area contributed by atoms with Gasteiger partial charge in [0.05, 0.1) is 5.69 Å². The fraction of sp³-hybridized carbons (Fsp3) is 0.333. The molecule has 0 aliphatic carbocycles. The molecule has 0 fully saturated rings. The van der Waals surface area contributed by atoms with Gasteiger partial charge in [0.2, 0.25) is 0 Å². The summed E-state index contributed by atoms with van der Waals surface area (Å²) >= 11 is 5.64. The zero-order chi connectivity index (χ0) is 8.43. The first-order valence-electron chi connectivity index (χ1n) is 3.19. The first-order valence-corrected chi connectivity index (χ1v) is 3.57. The fourth-order valence-corrected chi connectivity index (χ4v) is 1.00. The van der Waals surface area contributed by atoms with Crippen LogP contribution < -0.4 is 5.73 Å². The fourth-order valence-electron chi connectivity index (χ4n) is 0.739. The Hall–Kier alpha value is -1.03. The number of carbonyl (C=O) groups excluding carboxylic acids is 1. The van der Waals surface area contributed by atoms with E-state index in [0.29, 0.717) is 11.6 Å².